The highest BCUT2D eigenvalue weighted by Crippen LogP contribution is 2.45. The summed E-state index contributed by atoms with van der Waals surface area (Å²) in [6, 6.07) is 59.7. The zero-order valence-corrected chi connectivity index (χ0v) is 28.3. The first-order valence-electron chi connectivity index (χ1n) is 17.0. The molecule has 1 aliphatic rings. The molecule has 230 valence electrons. The lowest BCUT2D eigenvalue weighted by atomic mass is 9.86. The summed E-state index contributed by atoms with van der Waals surface area (Å²) in [5, 5.41) is 11.1. The van der Waals surface area contributed by atoms with Gasteiger partial charge < -0.3 is 4.90 Å². The second-order valence-corrected chi connectivity index (χ2v) is 15.8. The van der Waals surface area contributed by atoms with Crippen LogP contribution in [0.1, 0.15) is 0 Å². The SMILES string of the molecule is C[SiH]1c2cc(N(c3ccccc3)c3ccccc3)ccc2-c2c1c1cccc3c(-c4ccc(-c5ccccc5)cn4)cc4cccc2c4c31. The third-order valence-electron chi connectivity index (χ3n) is 10.5. The second-order valence-electron chi connectivity index (χ2n) is 13.1. The third-order valence-corrected chi connectivity index (χ3v) is 13.3. The number of hydrogen-bond acceptors (Lipinski definition) is 2. The van der Waals surface area contributed by atoms with Crippen molar-refractivity contribution in [1.29, 1.82) is 0 Å². The molecule has 0 bridgehead atoms. The van der Waals surface area contributed by atoms with Crippen LogP contribution in [-0.4, -0.2) is 13.8 Å². The van der Waals surface area contributed by atoms with Crippen LogP contribution in [0.4, 0.5) is 17.1 Å². The lowest BCUT2D eigenvalue weighted by Gasteiger charge is -2.26. The van der Waals surface area contributed by atoms with Crippen molar-refractivity contribution in [3.63, 3.8) is 0 Å². The Labute approximate surface area is 287 Å². The Morgan fingerprint density at radius 2 is 1.16 bits per heavy atom. The molecule has 0 aliphatic carbocycles. The fourth-order valence-corrected chi connectivity index (χ4v) is 11.2. The van der Waals surface area contributed by atoms with Gasteiger partial charge in [-0.1, -0.05) is 122 Å². The van der Waals surface area contributed by atoms with Gasteiger partial charge in [-0.05, 0) is 108 Å². The summed E-state index contributed by atoms with van der Waals surface area (Å²) in [5.41, 5.74) is 10.9. The summed E-state index contributed by atoms with van der Waals surface area (Å²) < 4.78 is 0. The molecule has 1 unspecified atom stereocenters. The van der Waals surface area contributed by atoms with Crippen molar-refractivity contribution >= 4 is 68.5 Å². The van der Waals surface area contributed by atoms with Crippen molar-refractivity contribution in [3.05, 3.63) is 170 Å². The fourth-order valence-electron chi connectivity index (χ4n) is 8.30. The van der Waals surface area contributed by atoms with Gasteiger partial charge >= 0.3 is 0 Å². The van der Waals surface area contributed by atoms with E-state index in [1.54, 1.807) is 5.19 Å². The van der Waals surface area contributed by atoms with Crippen molar-refractivity contribution in [2.24, 2.45) is 0 Å². The number of anilines is 3. The first kappa shape index (κ1) is 28.0. The summed E-state index contributed by atoms with van der Waals surface area (Å²) in [5.74, 6) is 0. The molecule has 49 heavy (non-hydrogen) atoms. The fraction of sp³-hybridized carbons (Fsp3) is 0.0217. The van der Waals surface area contributed by atoms with Crippen LogP contribution in [0.3, 0.4) is 0 Å². The van der Waals surface area contributed by atoms with Crippen molar-refractivity contribution in [2.75, 3.05) is 4.90 Å². The van der Waals surface area contributed by atoms with Crippen LogP contribution >= 0.6 is 0 Å². The maximum Gasteiger partial charge on any atom is 0.102 e. The Balaban J connectivity index is 1.17. The van der Waals surface area contributed by atoms with Gasteiger partial charge in [0.15, 0.2) is 0 Å². The van der Waals surface area contributed by atoms with E-state index in [1.165, 1.54) is 76.8 Å². The van der Waals surface area contributed by atoms with Gasteiger partial charge in [-0.25, -0.2) is 0 Å². The normalized spacial score (nSPS) is 13.6. The van der Waals surface area contributed by atoms with Gasteiger partial charge in [0.2, 0.25) is 0 Å². The number of benzene rings is 8. The number of hydrogen-bond donors (Lipinski definition) is 0. The van der Waals surface area contributed by atoms with Gasteiger partial charge in [0.05, 0.1) is 5.69 Å². The predicted octanol–water partition coefficient (Wildman–Crippen LogP) is 10.7. The average Bonchev–Trinajstić information content (AvgIpc) is 3.47. The summed E-state index contributed by atoms with van der Waals surface area (Å²) in [6.45, 7) is 2.53. The van der Waals surface area contributed by atoms with Gasteiger partial charge in [-0.3, -0.25) is 4.98 Å². The second kappa shape index (κ2) is 11.0. The smallest absolute Gasteiger partial charge is 0.102 e. The highest BCUT2D eigenvalue weighted by atomic mass is 28.3. The number of fused-ring (bicyclic) bond motifs is 5. The highest BCUT2D eigenvalue weighted by molar-refractivity contribution is 6.91. The maximum absolute atomic E-state index is 5.03. The molecule has 1 aromatic heterocycles. The molecule has 2 nitrogen and oxygen atoms in total. The molecule has 8 aromatic carbocycles. The summed E-state index contributed by atoms with van der Waals surface area (Å²) in [6.07, 6.45) is 2.02. The van der Waals surface area contributed by atoms with E-state index in [-0.39, 0.29) is 0 Å². The van der Waals surface area contributed by atoms with Gasteiger partial charge in [0.25, 0.3) is 0 Å². The molecular formula is C46H32N2Si. The highest BCUT2D eigenvalue weighted by Gasteiger charge is 2.33. The molecule has 0 N–H and O–H groups in total. The first-order chi connectivity index (χ1) is 24.2. The van der Waals surface area contributed by atoms with E-state index >= 15 is 0 Å². The Bertz CT molecular complexity index is 2610. The van der Waals surface area contributed by atoms with Crippen molar-refractivity contribution in [2.45, 2.75) is 6.55 Å². The van der Waals surface area contributed by atoms with Crippen LogP contribution in [0, 0.1) is 0 Å². The Kier molecular flexibility index (Phi) is 6.30. The summed E-state index contributed by atoms with van der Waals surface area (Å²) >= 11 is 0. The molecule has 1 aliphatic heterocycles. The topological polar surface area (TPSA) is 16.1 Å². The first-order valence-corrected chi connectivity index (χ1v) is 19.4. The monoisotopic (exact) mass is 640 g/mol. The number of aromatic nitrogens is 1. The molecule has 0 spiro atoms. The lowest BCUT2D eigenvalue weighted by molar-refractivity contribution is 1.29. The molecule has 0 saturated heterocycles. The van der Waals surface area contributed by atoms with E-state index in [1.807, 2.05) is 6.20 Å². The van der Waals surface area contributed by atoms with E-state index in [4.69, 9.17) is 4.98 Å². The minimum absolute atomic E-state index is 1.01. The zero-order chi connectivity index (χ0) is 32.5. The molecule has 0 saturated carbocycles. The third kappa shape index (κ3) is 4.29. The molecule has 10 rings (SSSR count). The molecule has 0 fully saturated rings. The molecule has 0 amide bonds. The van der Waals surface area contributed by atoms with Gasteiger partial charge in [-0.15, -0.1) is 0 Å². The molecular weight excluding hydrogens is 609 g/mol. The van der Waals surface area contributed by atoms with Crippen LogP contribution in [0.2, 0.25) is 6.55 Å². The number of rotatable bonds is 5. The quantitative estimate of drug-likeness (QED) is 0.137. The van der Waals surface area contributed by atoms with E-state index in [2.05, 4.69) is 175 Å². The van der Waals surface area contributed by atoms with Crippen LogP contribution in [0.15, 0.2) is 170 Å². The van der Waals surface area contributed by atoms with E-state index in [9.17, 15) is 0 Å². The Hall–Kier alpha value is -6.03. The number of pyridine rings is 1. The molecule has 2 heterocycles. The van der Waals surface area contributed by atoms with Crippen LogP contribution < -0.4 is 15.3 Å². The number of nitrogens with zero attached hydrogens (tertiary/aromatic N) is 2. The summed E-state index contributed by atoms with van der Waals surface area (Å²) in [7, 11) is -1.57. The Morgan fingerprint density at radius 1 is 0.490 bits per heavy atom. The van der Waals surface area contributed by atoms with Gasteiger partial charge in [0, 0.05) is 34.4 Å². The van der Waals surface area contributed by atoms with E-state index in [0.29, 0.717) is 0 Å². The largest absolute Gasteiger partial charge is 0.311 e. The van der Waals surface area contributed by atoms with Crippen LogP contribution in [-0.2, 0) is 0 Å². The zero-order valence-electron chi connectivity index (χ0n) is 27.1. The number of para-hydroxylation sites is 2. The van der Waals surface area contributed by atoms with Gasteiger partial charge in [-0.2, -0.15) is 0 Å². The lowest BCUT2D eigenvalue weighted by Crippen LogP contribution is -2.35. The molecule has 9 aromatic rings. The average molecular weight is 641 g/mol. The molecule has 1 atom stereocenters. The predicted molar refractivity (Wildman–Crippen MR) is 211 cm³/mol. The Morgan fingerprint density at radius 3 is 1.88 bits per heavy atom. The van der Waals surface area contributed by atoms with Crippen LogP contribution in [0.5, 0.6) is 0 Å². The van der Waals surface area contributed by atoms with E-state index < -0.39 is 8.80 Å². The van der Waals surface area contributed by atoms with Crippen LogP contribution in [0.25, 0.3) is 65.8 Å². The standard InChI is InChI=1S/C46H32N2Si/c1-49-42-28-35(48(33-16-7-3-8-17-33)34-18-9-4-10-19-34)24-25-37(42)45-38-21-11-15-31-27-40(36-20-12-22-39(46(45)49)44(36)43(31)38)41-26-23-32(29-47-41)30-13-5-2-6-14-30/h2-29,49H,1H3. The molecule has 0 radical (unpaired) electrons. The minimum Gasteiger partial charge on any atom is -0.311 e. The van der Waals surface area contributed by atoms with E-state index in [0.717, 1.165) is 11.3 Å². The minimum atomic E-state index is -1.57. The van der Waals surface area contributed by atoms with Crippen molar-refractivity contribution in [3.8, 4) is 33.5 Å². The molecule has 3 heteroatoms. The van der Waals surface area contributed by atoms with Crippen molar-refractivity contribution in [1.82, 2.24) is 4.98 Å². The van der Waals surface area contributed by atoms with Crippen molar-refractivity contribution < 1.29 is 0 Å². The van der Waals surface area contributed by atoms with Gasteiger partial charge in [0.1, 0.15) is 8.80 Å². The summed E-state index contributed by atoms with van der Waals surface area (Å²) in [4.78, 5) is 7.42. The maximum atomic E-state index is 5.03.